The van der Waals surface area contributed by atoms with E-state index in [1.807, 2.05) is 0 Å². The molecule has 16 bridgehead atoms. The van der Waals surface area contributed by atoms with E-state index in [1.54, 1.807) is 0 Å². The fraction of sp³-hybridized carbons (Fsp3) is 0.407. The molecule has 0 spiro atoms. The van der Waals surface area contributed by atoms with Gasteiger partial charge < -0.3 is 37.9 Å². The van der Waals surface area contributed by atoms with Gasteiger partial charge in [-0.25, -0.2) is 0 Å². The van der Waals surface area contributed by atoms with Crippen molar-refractivity contribution in [2.75, 3.05) is 52.9 Å². The van der Waals surface area contributed by atoms with Gasteiger partial charge in [-0.2, -0.15) is 0 Å². The summed E-state index contributed by atoms with van der Waals surface area (Å²) in [6, 6.07) is 49.8. The molecule has 0 N–H and O–H groups in total. The second-order valence-corrected chi connectivity index (χ2v) is 24.3. The van der Waals surface area contributed by atoms with Crippen LogP contribution >= 0.6 is 0 Å². The lowest BCUT2D eigenvalue weighted by molar-refractivity contribution is 0.304. The molecular formula is C81H96O8. The quantitative estimate of drug-likeness (QED) is 0.0531. The van der Waals surface area contributed by atoms with Crippen molar-refractivity contribution in [1.82, 2.24) is 0 Å². The van der Waals surface area contributed by atoms with E-state index in [-0.39, 0.29) is 0 Å². The van der Waals surface area contributed by atoms with Gasteiger partial charge in [-0.15, -0.1) is 0 Å². The Kier molecular flexibility index (Phi) is 23.1. The molecule has 8 nitrogen and oxygen atoms in total. The molecule has 0 aromatic heterocycles. The Balaban J connectivity index is 1.19. The van der Waals surface area contributed by atoms with Crippen LogP contribution in [0.2, 0.25) is 0 Å². The average Bonchev–Trinajstić information content (AvgIpc) is 1.33. The summed E-state index contributed by atoms with van der Waals surface area (Å²) in [5.41, 5.74) is 20.7. The topological polar surface area (TPSA) is 73.8 Å². The summed E-state index contributed by atoms with van der Waals surface area (Å²) < 4.78 is 55.4. The zero-order valence-corrected chi connectivity index (χ0v) is 54.6. The van der Waals surface area contributed by atoms with Gasteiger partial charge in [0.1, 0.15) is 46.0 Å². The van der Waals surface area contributed by atoms with Gasteiger partial charge in [0.25, 0.3) is 0 Å². The van der Waals surface area contributed by atoms with Crippen molar-refractivity contribution in [3.8, 4) is 46.0 Å². The van der Waals surface area contributed by atoms with Gasteiger partial charge in [0.15, 0.2) is 0 Å². The fourth-order valence-electron chi connectivity index (χ4n) is 12.9. The van der Waals surface area contributed by atoms with E-state index in [9.17, 15) is 0 Å². The van der Waals surface area contributed by atoms with Crippen molar-refractivity contribution >= 4 is 0 Å². The number of rotatable bonds is 26. The van der Waals surface area contributed by atoms with Crippen molar-refractivity contribution in [2.24, 2.45) is 0 Å². The lowest BCUT2D eigenvalue weighted by atomic mass is 9.88. The minimum atomic E-state index is 0.592. The first kappa shape index (κ1) is 64.2. The summed E-state index contributed by atoms with van der Waals surface area (Å²) in [6.07, 6.45) is 13.0. The van der Waals surface area contributed by atoms with Gasteiger partial charge in [0.2, 0.25) is 0 Å². The highest BCUT2D eigenvalue weighted by atomic mass is 16.5. The van der Waals surface area contributed by atoms with E-state index < -0.39 is 0 Å². The Morgan fingerprint density at radius 1 is 0.202 bits per heavy atom. The largest absolute Gasteiger partial charge is 0.493 e. The third-order valence-corrected chi connectivity index (χ3v) is 16.7. The van der Waals surface area contributed by atoms with Gasteiger partial charge in [-0.3, -0.25) is 0 Å². The van der Waals surface area contributed by atoms with E-state index in [4.69, 9.17) is 37.9 Å². The highest BCUT2D eigenvalue weighted by molar-refractivity contribution is 5.60. The Labute approximate surface area is 532 Å². The van der Waals surface area contributed by atoms with Crippen LogP contribution in [0.5, 0.6) is 46.0 Å². The first-order valence-electron chi connectivity index (χ1n) is 33.7. The van der Waals surface area contributed by atoms with Crippen LogP contribution < -0.4 is 37.9 Å². The number of benzene rings is 8. The molecule has 0 saturated heterocycles. The molecule has 8 heteroatoms. The van der Waals surface area contributed by atoms with E-state index in [0.717, 1.165) is 186 Å². The lowest BCUT2D eigenvalue weighted by Gasteiger charge is -2.24. The van der Waals surface area contributed by atoms with Crippen LogP contribution in [0.25, 0.3) is 0 Å². The summed E-state index contributed by atoms with van der Waals surface area (Å²) >= 11 is 0. The number of para-hydroxylation sites is 6. The minimum absolute atomic E-state index is 0.592. The van der Waals surface area contributed by atoms with Crippen LogP contribution in [0.15, 0.2) is 133 Å². The molecule has 0 aliphatic heterocycles. The minimum Gasteiger partial charge on any atom is -0.493 e. The molecule has 468 valence electrons. The molecule has 0 saturated carbocycles. The van der Waals surface area contributed by atoms with Crippen LogP contribution in [-0.4, -0.2) is 52.9 Å². The molecule has 2 aliphatic carbocycles. The third-order valence-electron chi connectivity index (χ3n) is 16.7. The zero-order valence-electron chi connectivity index (χ0n) is 54.6. The normalized spacial score (nSPS) is 12.7. The molecule has 2 aliphatic rings. The van der Waals surface area contributed by atoms with Crippen LogP contribution in [0.4, 0.5) is 0 Å². The van der Waals surface area contributed by atoms with Gasteiger partial charge in [-0.05, 0) is 158 Å². The summed E-state index contributed by atoms with van der Waals surface area (Å²) in [7, 11) is 0. The maximum absolute atomic E-state index is 7.09. The van der Waals surface area contributed by atoms with Gasteiger partial charge >= 0.3 is 0 Å². The molecule has 0 unspecified atom stereocenters. The van der Waals surface area contributed by atoms with Gasteiger partial charge in [-0.1, -0.05) is 189 Å². The Hall–Kier alpha value is -7.84. The lowest BCUT2D eigenvalue weighted by Crippen LogP contribution is -2.11. The van der Waals surface area contributed by atoms with Gasteiger partial charge in [0.05, 0.1) is 52.9 Å². The summed E-state index contributed by atoms with van der Waals surface area (Å²) in [5.74, 6) is 7.58. The van der Waals surface area contributed by atoms with Crippen molar-refractivity contribution < 1.29 is 37.9 Å². The first-order chi connectivity index (χ1) is 43.8. The highest BCUT2D eigenvalue weighted by Crippen LogP contribution is 2.43. The number of hydrogen-bond donors (Lipinski definition) is 0. The Bertz CT molecular complexity index is 3190. The van der Waals surface area contributed by atoms with Crippen LogP contribution in [0.3, 0.4) is 0 Å². The molecule has 8 aromatic rings. The molecular weight excluding hydrogens is 1100 g/mol. The van der Waals surface area contributed by atoms with E-state index in [2.05, 4.69) is 189 Å². The smallest absolute Gasteiger partial charge is 0.126 e. The first-order valence-corrected chi connectivity index (χ1v) is 33.7. The number of ether oxygens (including phenoxy) is 8. The van der Waals surface area contributed by atoms with Crippen LogP contribution in [0, 0.1) is 0 Å². The third kappa shape index (κ3) is 15.8. The molecule has 0 atom stereocenters. The van der Waals surface area contributed by atoms with Crippen molar-refractivity contribution in [2.45, 2.75) is 165 Å². The summed E-state index contributed by atoms with van der Waals surface area (Å²) in [4.78, 5) is 0. The molecule has 0 radical (unpaired) electrons. The Morgan fingerprint density at radius 2 is 0.337 bits per heavy atom. The SMILES string of the molecule is CCCOc1c2cccc1Cc1cccc(c1OCCC)Cc1cc(Cc3cc4c(OCCC)c(c3)Cc3cccc(c3OCCC)Cc3cccc(c3OCCC)Cc3cccc(c3OCCC)C4)cc(c1OCCC)Cc1cccc(c1OCCC)C2. The maximum Gasteiger partial charge on any atom is 0.126 e. The molecule has 0 heterocycles. The second-order valence-electron chi connectivity index (χ2n) is 24.3. The van der Waals surface area contributed by atoms with E-state index in [0.29, 0.717) is 111 Å². The molecule has 0 fully saturated rings. The zero-order chi connectivity index (χ0) is 61.9. The summed E-state index contributed by atoms with van der Waals surface area (Å²) in [5, 5.41) is 0. The second kappa shape index (κ2) is 32.1. The fourth-order valence-corrected chi connectivity index (χ4v) is 12.9. The number of hydrogen-bond acceptors (Lipinski definition) is 8. The average molecular weight is 1200 g/mol. The van der Waals surface area contributed by atoms with Crippen molar-refractivity contribution in [3.63, 3.8) is 0 Å². The van der Waals surface area contributed by atoms with E-state index in [1.165, 1.54) is 11.1 Å². The maximum atomic E-state index is 7.09. The Morgan fingerprint density at radius 3 is 0.483 bits per heavy atom. The van der Waals surface area contributed by atoms with Crippen molar-refractivity contribution in [1.29, 1.82) is 0 Å². The predicted molar refractivity (Wildman–Crippen MR) is 363 cm³/mol. The standard InChI is InChI=1S/C81H96O8/c1-9-35-82-74-58-23-17-24-59(74)49-63-28-20-32-67(77(63)85-38-12-4)53-71-45-56(44-70(80(71)88-41-15-7)52-66-31-19-27-62(48-58)76(66)84-37-11-3)43-57-46-72-54-68-33-21-29-64(78(68)86-39-13-5)50-60-25-18-26-61(75(60)83-36-10-2)51-65-30-22-34-69(79(65)87-40-14-6)55-73(47-57)81(72)89-42-16-8/h17-34,44-47H,9-16,35-43,48-55H2,1-8H3. The molecule has 89 heavy (non-hydrogen) atoms. The number of fused-ring (bicyclic) bond motifs is 16. The van der Waals surface area contributed by atoms with Crippen molar-refractivity contribution in [3.05, 3.63) is 234 Å². The highest BCUT2D eigenvalue weighted by Gasteiger charge is 2.26. The van der Waals surface area contributed by atoms with E-state index >= 15 is 0 Å². The molecule has 8 aromatic carbocycles. The molecule has 0 amide bonds. The predicted octanol–water partition coefficient (Wildman–Crippen LogP) is 18.9. The van der Waals surface area contributed by atoms with Crippen LogP contribution in [-0.2, 0) is 57.8 Å². The van der Waals surface area contributed by atoms with Crippen LogP contribution in [0.1, 0.15) is 207 Å². The summed E-state index contributed by atoms with van der Waals surface area (Å²) in [6.45, 7) is 22.4. The van der Waals surface area contributed by atoms with Gasteiger partial charge in [0, 0.05) is 51.4 Å². The molecule has 10 rings (SSSR count). The monoisotopic (exact) mass is 1200 g/mol.